The van der Waals surface area contributed by atoms with Gasteiger partial charge in [0.15, 0.2) is 0 Å². The van der Waals surface area contributed by atoms with Crippen LogP contribution in [-0.4, -0.2) is 25.0 Å². The Morgan fingerprint density at radius 2 is 2.08 bits per heavy atom. The van der Waals surface area contributed by atoms with Gasteiger partial charge >= 0.3 is 0 Å². The predicted octanol–water partition coefficient (Wildman–Crippen LogP) is 0.901. The van der Waals surface area contributed by atoms with Gasteiger partial charge in [-0.1, -0.05) is 13.8 Å². The molecule has 0 bridgehead atoms. The molecule has 1 unspecified atom stereocenters. The number of hydrogen-bond acceptors (Lipinski definition) is 2. The van der Waals surface area contributed by atoms with Crippen molar-refractivity contribution in [2.24, 2.45) is 0 Å². The molecular formula is C9H20N2O. The van der Waals surface area contributed by atoms with E-state index in [0.29, 0.717) is 12.6 Å². The molecule has 1 amide bonds. The maximum atomic E-state index is 11.0. The van der Waals surface area contributed by atoms with Gasteiger partial charge in [-0.2, -0.15) is 0 Å². The minimum atomic E-state index is 0.0946. The van der Waals surface area contributed by atoms with Gasteiger partial charge in [0.2, 0.25) is 5.91 Å². The smallest absolute Gasteiger partial charge is 0.233 e. The van der Waals surface area contributed by atoms with Crippen molar-refractivity contribution in [2.75, 3.05) is 13.1 Å². The van der Waals surface area contributed by atoms with E-state index in [4.69, 9.17) is 0 Å². The fourth-order valence-electron chi connectivity index (χ4n) is 0.738. The second-order valence-corrected chi connectivity index (χ2v) is 3.04. The van der Waals surface area contributed by atoms with Crippen LogP contribution in [-0.2, 0) is 4.79 Å². The van der Waals surface area contributed by atoms with Crippen LogP contribution in [0.4, 0.5) is 0 Å². The van der Waals surface area contributed by atoms with Gasteiger partial charge in [0.05, 0.1) is 6.54 Å². The largest absolute Gasteiger partial charge is 0.355 e. The highest BCUT2D eigenvalue weighted by Gasteiger charge is 2.01. The van der Waals surface area contributed by atoms with Crippen molar-refractivity contribution >= 4 is 5.91 Å². The zero-order valence-electron chi connectivity index (χ0n) is 8.31. The minimum absolute atomic E-state index is 0.0946. The third kappa shape index (κ3) is 6.16. The lowest BCUT2D eigenvalue weighted by Gasteiger charge is -2.10. The Bertz CT molecular complexity index is 126. The molecule has 0 rings (SSSR count). The zero-order chi connectivity index (χ0) is 9.40. The molecule has 2 N–H and O–H groups in total. The number of amides is 1. The summed E-state index contributed by atoms with van der Waals surface area (Å²) in [6, 6.07) is 0.428. The van der Waals surface area contributed by atoms with Gasteiger partial charge in [-0.25, -0.2) is 0 Å². The summed E-state index contributed by atoms with van der Waals surface area (Å²) in [4.78, 5) is 11.0. The van der Waals surface area contributed by atoms with E-state index in [2.05, 4.69) is 24.5 Å². The van der Waals surface area contributed by atoms with Gasteiger partial charge in [-0.05, 0) is 19.8 Å². The molecule has 0 spiro atoms. The average Bonchev–Trinajstić information content (AvgIpc) is 2.10. The molecule has 0 aromatic heterocycles. The second kappa shape index (κ2) is 7.10. The van der Waals surface area contributed by atoms with Crippen molar-refractivity contribution in [1.29, 1.82) is 0 Å². The lowest BCUT2D eigenvalue weighted by Crippen LogP contribution is -2.37. The quantitative estimate of drug-likeness (QED) is 0.625. The van der Waals surface area contributed by atoms with Crippen LogP contribution in [0.3, 0.4) is 0 Å². The first-order valence-corrected chi connectivity index (χ1v) is 4.70. The molecule has 72 valence electrons. The minimum Gasteiger partial charge on any atom is -0.355 e. The van der Waals surface area contributed by atoms with Crippen LogP contribution in [0.5, 0.6) is 0 Å². The van der Waals surface area contributed by atoms with Crippen LogP contribution in [0.2, 0.25) is 0 Å². The van der Waals surface area contributed by atoms with Crippen molar-refractivity contribution in [3.05, 3.63) is 0 Å². The van der Waals surface area contributed by atoms with Gasteiger partial charge in [0, 0.05) is 12.6 Å². The Balaban J connectivity index is 3.31. The number of rotatable bonds is 6. The molecule has 3 nitrogen and oxygen atoms in total. The molecule has 12 heavy (non-hydrogen) atoms. The van der Waals surface area contributed by atoms with E-state index in [-0.39, 0.29) is 5.91 Å². The molecule has 0 aromatic carbocycles. The molecule has 0 aliphatic heterocycles. The summed E-state index contributed by atoms with van der Waals surface area (Å²) < 4.78 is 0. The highest BCUT2D eigenvalue weighted by atomic mass is 16.1. The second-order valence-electron chi connectivity index (χ2n) is 3.04. The van der Waals surface area contributed by atoms with Gasteiger partial charge in [-0.3, -0.25) is 4.79 Å². The fraction of sp³-hybridized carbons (Fsp3) is 0.889. The van der Waals surface area contributed by atoms with E-state index < -0.39 is 0 Å². The first kappa shape index (κ1) is 11.4. The molecule has 0 fully saturated rings. The third-order valence-corrected chi connectivity index (χ3v) is 1.80. The monoisotopic (exact) mass is 172 g/mol. The molecule has 0 heterocycles. The van der Waals surface area contributed by atoms with Crippen molar-refractivity contribution in [1.82, 2.24) is 10.6 Å². The molecular weight excluding hydrogens is 152 g/mol. The number of hydrogen-bond donors (Lipinski definition) is 2. The van der Waals surface area contributed by atoms with Gasteiger partial charge < -0.3 is 10.6 Å². The fourth-order valence-corrected chi connectivity index (χ4v) is 0.738. The Morgan fingerprint density at radius 1 is 1.42 bits per heavy atom. The first-order chi connectivity index (χ1) is 5.70. The van der Waals surface area contributed by atoms with E-state index >= 15 is 0 Å². The van der Waals surface area contributed by atoms with Gasteiger partial charge in [-0.15, -0.1) is 0 Å². The molecule has 0 aromatic rings. The molecule has 0 aliphatic rings. The zero-order valence-corrected chi connectivity index (χ0v) is 8.31. The van der Waals surface area contributed by atoms with Crippen LogP contribution < -0.4 is 10.6 Å². The van der Waals surface area contributed by atoms with Gasteiger partial charge in [0.1, 0.15) is 0 Å². The first-order valence-electron chi connectivity index (χ1n) is 4.70. The number of nitrogens with one attached hydrogen (secondary N) is 2. The summed E-state index contributed by atoms with van der Waals surface area (Å²) in [5, 5.41) is 5.94. The third-order valence-electron chi connectivity index (χ3n) is 1.80. The molecule has 0 saturated carbocycles. The Morgan fingerprint density at radius 3 is 2.58 bits per heavy atom. The van der Waals surface area contributed by atoms with Crippen LogP contribution in [0.25, 0.3) is 0 Å². The summed E-state index contributed by atoms with van der Waals surface area (Å²) in [5.74, 6) is 0.0946. The Hall–Kier alpha value is -0.570. The molecule has 0 saturated heterocycles. The van der Waals surface area contributed by atoms with E-state index in [1.165, 1.54) is 0 Å². The lowest BCUT2D eigenvalue weighted by molar-refractivity contribution is -0.120. The van der Waals surface area contributed by atoms with Gasteiger partial charge in [0.25, 0.3) is 0 Å². The SMILES string of the molecule is CCCNC(=O)CNC(C)CC. The molecule has 1 atom stereocenters. The molecule has 0 radical (unpaired) electrons. The number of carbonyl (C=O) groups excluding carboxylic acids is 1. The van der Waals surface area contributed by atoms with Crippen LogP contribution >= 0.6 is 0 Å². The maximum absolute atomic E-state index is 11.0. The van der Waals surface area contributed by atoms with Crippen LogP contribution in [0.1, 0.15) is 33.6 Å². The predicted molar refractivity (Wildman–Crippen MR) is 51.1 cm³/mol. The van der Waals surface area contributed by atoms with E-state index in [1.807, 2.05) is 6.92 Å². The van der Waals surface area contributed by atoms with Crippen molar-refractivity contribution in [3.63, 3.8) is 0 Å². The van der Waals surface area contributed by atoms with Crippen molar-refractivity contribution in [2.45, 2.75) is 39.7 Å². The Kier molecular flexibility index (Phi) is 6.76. The van der Waals surface area contributed by atoms with E-state index in [9.17, 15) is 4.79 Å². The normalized spacial score (nSPS) is 12.6. The average molecular weight is 172 g/mol. The summed E-state index contributed by atoms with van der Waals surface area (Å²) in [6.07, 6.45) is 2.05. The topological polar surface area (TPSA) is 41.1 Å². The summed E-state index contributed by atoms with van der Waals surface area (Å²) in [6.45, 7) is 7.44. The lowest BCUT2D eigenvalue weighted by atomic mass is 10.2. The molecule has 0 aliphatic carbocycles. The van der Waals surface area contributed by atoms with E-state index in [0.717, 1.165) is 19.4 Å². The van der Waals surface area contributed by atoms with Crippen molar-refractivity contribution in [3.8, 4) is 0 Å². The van der Waals surface area contributed by atoms with E-state index in [1.54, 1.807) is 0 Å². The number of carbonyl (C=O) groups is 1. The highest BCUT2D eigenvalue weighted by Crippen LogP contribution is 1.85. The summed E-state index contributed by atoms with van der Waals surface area (Å²) >= 11 is 0. The van der Waals surface area contributed by atoms with Crippen LogP contribution in [0.15, 0.2) is 0 Å². The Labute approximate surface area is 74.9 Å². The van der Waals surface area contributed by atoms with Crippen molar-refractivity contribution < 1.29 is 4.79 Å². The molecule has 3 heteroatoms. The highest BCUT2D eigenvalue weighted by molar-refractivity contribution is 5.77. The summed E-state index contributed by atoms with van der Waals surface area (Å²) in [7, 11) is 0. The summed E-state index contributed by atoms with van der Waals surface area (Å²) in [5.41, 5.74) is 0. The van der Waals surface area contributed by atoms with Crippen LogP contribution in [0, 0.1) is 0 Å². The maximum Gasteiger partial charge on any atom is 0.233 e. The standard InChI is InChI=1S/C9H20N2O/c1-4-6-10-9(12)7-11-8(3)5-2/h8,11H,4-7H2,1-3H3,(H,10,12).